The monoisotopic (exact) mass is 646 g/mol. The van der Waals surface area contributed by atoms with Crippen molar-refractivity contribution in [3.8, 4) is 23.4 Å². The maximum Gasteiger partial charge on any atom is 0.324 e. The lowest BCUT2D eigenvalue weighted by Crippen LogP contribution is -2.48. The molecule has 2 aromatic heterocycles. The lowest BCUT2D eigenvalue weighted by Gasteiger charge is -2.35. The van der Waals surface area contributed by atoms with Gasteiger partial charge in [0.25, 0.3) is 0 Å². The number of aryl methyl sites for hydroxylation is 1. The number of halogens is 2. The summed E-state index contributed by atoms with van der Waals surface area (Å²) in [6.07, 6.45) is 5.34. The summed E-state index contributed by atoms with van der Waals surface area (Å²) in [5.74, 6) is 0.0848. The van der Waals surface area contributed by atoms with E-state index in [1.165, 1.54) is 12.3 Å². The van der Waals surface area contributed by atoms with Crippen LogP contribution in [0.2, 0.25) is 5.02 Å². The summed E-state index contributed by atoms with van der Waals surface area (Å²) >= 11 is 6.29. The molecule has 4 aromatic rings. The topological polar surface area (TPSA) is 143 Å². The van der Waals surface area contributed by atoms with Crippen molar-refractivity contribution >= 4 is 46.1 Å². The number of piperazine rings is 1. The fraction of sp³-hybridized carbons (Fsp3) is 0.303. The molecule has 0 aliphatic carbocycles. The molecule has 1 saturated heterocycles. The number of rotatable bonds is 12. The number of hydrogen-bond acceptors (Lipinski definition) is 10. The van der Waals surface area contributed by atoms with Gasteiger partial charge >= 0.3 is 6.01 Å². The summed E-state index contributed by atoms with van der Waals surface area (Å²) in [5.41, 5.74) is 8.55. The lowest BCUT2D eigenvalue weighted by atomic mass is 10.0. The minimum absolute atomic E-state index is 0.00357. The number of nitrogens with zero attached hydrogens (tertiary/aromatic N) is 5. The second-order valence-electron chi connectivity index (χ2n) is 10.6. The number of pyridine rings is 1. The van der Waals surface area contributed by atoms with Crippen molar-refractivity contribution < 1.29 is 18.7 Å². The average Bonchev–Trinajstić information content (AvgIpc) is 3.07. The molecule has 11 nitrogen and oxygen atoms in total. The Balaban J connectivity index is 1.63. The second kappa shape index (κ2) is 14.5. The van der Waals surface area contributed by atoms with Crippen molar-refractivity contribution in [2.24, 2.45) is 0 Å². The third-order valence-corrected chi connectivity index (χ3v) is 8.16. The number of ether oxygens (including phenoxy) is 2. The van der Waals surface area contributed by atoms with Crippen molar-refractivity contribution in [2.75, 3.05) is 49.9 Å². The van der Waals surface area contributed by atoms with E-state index in [0.717, 1.165) is 49.3 Å². The summed E-state index contributed by atoms with van der Waals surface area (Å²) in [4.78, 5) is 30.0. The number of anilines is 2. The van der Waals surface area contributed by atoms with Gasteiger partial charge in [-0.3, -0.25) is 4.79 Å². The molecule has 0 radical (unpaired) electrons. The van der Waals surface area contributed by atoms with Gasteiger partial charge in [-0.05, 0) is 61.3 Å². The molecule has 13 heteroatoms. The fourth-order valence-electron chi connectivity index (χ4n) is 5.41. The van der Waals surface area contributed by atoms with Crippen LogP contribution >= 0.6 is 11.6 Å². The Hall–Kier alpha value is -4.81. The summed E-state index contributed by atoms with van der Waals surface area (Å²) in [6.45, 7) is 11.3. The molecular weight excluding hydrogens is 611 g/mol. The first-order valence-electron chi connectivity index (χ1n) is 15.1. The molecule has 0 atom stereocenters. The van der Waals surface area contributed by atoms with Crippen LogP contribution in [0.25, 0.3) is 10.9 Å². The normalized spacial score (nSPS) is 13.1. The van der Waals surface area contributed by atoms with E-state index in [9.17, 15) is 9.18 Å². The first-order valence-corrected chi connectivity index (χ1v) is 15.4. The van der Waals surface area contributed by atoms with Crippen LogP contribution in [-0.4, -0.2) is 71.2 Å². The quantitative estimate of drug-likeness (QED) is 0.0783. The van der Waals surface area contributed by atoms with Crippen LogP contribution in [0.3, 0.4) is 0 Å². The Bertz CT molecular complexity index is 1780. The Morgan fingerprint density at radius 2 is 1.98 bits per heavy atom. The number of nitrogens with one attached hydrogen (secondary N) is 2. The predicted octanol–water partition coefficient (Wildman–Crippen LogP) is 5.53. The van der Waals surface area contributed by atoms with Crippen molar-refractivity contribution in [2.45, 2.75) is 26.7 Å². The average molecular weight is 647 g/mol. The van der Waals surface area contributed by atoms with Crippen molar-refractivity contribution in [1.82, 2.24) is 25.2 Å². The molecule has 1 aliphatic heterocycles. The van der Waals surface area contributed by atoms with Gasteiger partial charge in [-0.25, -0.2) is 9.37 Å². The predicted molar refractivity (Wildman–Crippen MR) is 178 cm³/mol. The smallest absolute Gasteiger partial charge is 0.324 e. The highest BCUT2D eigenvalue weighted by Crippen LogP contribution is 2.40. The number of hydrogen-bond donors (Lipinski definition) is 3. The maximum atomic E-state index is 14.6. The van der Waals surface area contributed by atoms with E-state index in [-0.39, 0.29) is 45.3 Å². The highest BCUT2D eigenvalue weighted by Gasteiger charge is 2.26. The van der Waals surface area contributed by atoms with Crippen LogP contribution < -0.4 is 25.4 Å². The second-order valence-corrected chi connectivity index (χ2v) is 10.9. The number of benzene rings is 2. The molecule has 0 spiro atoms. The van der Waals surface area contributed by atoms with Gasteiger partial charge in [-0.15, -0.1) is 0 Å². The zero-order chi connectivity index (χ0) is 32.8. The SMILES string of the molecule is C=CC(=O)N1CCN(c2nc(Oc3cccc(CC)c3CCNCC)nc3c(Oc4c(Cl)c(F)cc(N)c4C=N)nccc23)CC1. The van der Waals surface area contributed by atoms with Gasteiger partial charge < -0.3 is 35.7 Å². The van der Waals surface area contributed by atoms with Crippen LogP contribution in [0, 0.1) is 11.2 Å². The van der Waals surface area contributed by atoms with E-state index in [1.807, 2.05) is 17.0 Å². The Labute approximate surface area is 271 Å². The molecule has 1 fully saturated rings. The molecule has 3 heterocycles. The molecule has 5 rings (SSSR count). The van der Waals surface area contributed by atoms with Gasteiger partial charge in [0.05, 0.1) is 10.9 Å². The van der Waals surface area contributed by atoms with E-state index in [4.69, 9.17) is 42.2 Å². The van der Waals surface area contributed by atoms with E-state index in [2.05, 4.69) is 36.8 Å². The fourth-order valence-corrected chi connectivity index (χ4v) is 5.61. The van der Waals surface area contributed by atoms with E-state index < -0.39 is 5.82 Å². The molecule has 4 N–H and O–H groups in total. The summed E-state index contributed by atoms with van der Waals surface area (Å²) in [6, 6.07) is 8.75. The van der Waals surface area contributed by atoms with Gasteiger partial charge in [-0.2, -0.15) is 9.97 Å². The summed E-state index contributed by atoms with van der Waals surface area (Å²) in [7, 11) is 0. The molecule has 2 aromatic carbocycles. The highest BCUT2D eigenvalue weighted by molar-refractivity contribution is 6.33. The van der Waals surface area contributed by atoms with Crippen LogP contribution in [-0.2, 0) is 17.6 Å². The van der Waals surface area contributed by atoms with E-state index >= 15 is 0 Å². The third-order valence-electron chi connectivity index (χ3n) is 7.81. The largest absolute Gasteiger partial charge is 0.434 e. The van der Waals surface area contributed by atoms with Crippen LogP contribution in [0.4, 0.5) is 15.9 Å². The highest BCUT2D eigenvalue weighted by atomic mass is 35.5. The molecule has 0 bridgehead atoms. The molecule has 1 aliphatic rings. The lowest BCUT2D eigenvalue weighted by molar-refractivity contribution is -0.126. The molecule has 240 valence electrons. The number of amides is 1. The number of aromatic nitrogens is 3. The molecule has 0 unspecified atom stereocenters. The van der Waals surface area contributed by atoms with E-state index in [0.29, 0.717) is 43.1 Å². The van der Waals surface area contributed by atoms with Gasteiger partial charge in [-0.1, -0.05) is 44.2 Å². The first-order chi connectivity index (χ1) is 22.3. The Morgan fingerprint density at radius 3 is 2.67 bits per heavy atom. The number of fused-ring (bicyclic) bond motifs is 1. The number of nitrogen functional groups attached to an aromatic ring is 1. The van der Waals surface area contributed by atoms with E-state index in [1.54, 1.807) is 11.0 Å². The van der Waals surface area contributed by atoms with Crippen molar-refractivity contribution in [3.05, 3.63) is 76.7 Å². The zero-order valence-corrected chi connectivity index (χ0v) is 26.5. The van der Waals surface area contributed by atoms with Crippen molar-refractivity contribution in [1.29, 1.82) is 5.41 Å². The molecule has 46 heavy (non-hydrogen) atoms. The first kappa shape index (κ1) is 32.6. The van der Waals surface area contributed by atoms with Gasteiger partial charge in [0.2, 0.25) is 11.8 Å². The van der Waals surface area contributed by atoms with Gasteiger partial charge in [0.1, 0.15) is 27.9 Å². The molecular formula is C33H36ClFN8O3. The Kier molecular flexibility index (Phi) is 10.3. The molecule has 0 saturated carbocycles. The van der Waals surface area contributed by atoms with Gasteiger partial charge in [0, 0.05) is 44.3 Å². The Morgan fingerprint density at radius 1 is 1.20 bits per heavy atom. The minimum Gasteiger partial charge on any atom is -0.434 e. The van der Waals surface area contributed by atoms with Crippen LogP contribution in [0.15, 0.2) is 49.2 Å². The summed E-state index contributed by atoms with van der Waals surface area (Å²) in [5, 5.41) is 11.5. The number of nitrogens with two attached hydrogens (primary N) is 1. The number of carbonyl (C=O) groups excluding carboxylic acids is 1. The van der Waals surface area contributed by atoms with Crippen LogP contribution in [0.1, 0.15) is 30.5 Å². The number of likely N-dealkylation sites (N-methyl/N-ethyl adjacent to an activating group) is 1. The van der Waals surface area contributed by atoms with Gasteiger partial charge in [0.15, 0.2) is 5.75 Å². The summed E-state index contributed by atoms with van der Waals surface area (Å²) < 4.78 is 27.2. The van der Waals surface area contributed by atoms with Crippen molar-refractivity contribution in [3.63, 3.8) is 0 Å². The standard InChI is InChI=1S/C33H36ClFN8O3/c1-4-20-8-7-9-26(21(20)10-12-38-6-3)45-33-40-29-22(31(41-33)43-16-14-42(15-17-43)27(44)5-2)11-13-39-32(29)46-30-23(19-36)25(37)18-24(35)28(30)34/h5,7-9,11,13,18-19,36,38H,2,4,6,10,12,14-17,37H2,1,3H3. The van der Waals surface area contributed by atoms with Crippen LogP contribution in [0.5, 0.6) is 23.4 Å². The number of carbonyl (C=O) groups is 1. The minimum atomic E-state index is -0.799. The molecule has 1 amide bonds. The maximum absolute atomic E-state index is 14.6. The third kappa shape index (κ3) is 6.73. The zero-order valence-electron chi connectivity index (χ0n) is 25.8.